The second kappa shape index (κ2) is 10.0. The van der Waals surface area contributed by atoms with E-state index in [1.54, 1.807) is 38.1 Å². The summed E-state index contributed by atoms with van der Waals surface area (Å²) in [6.07, 6.45) is -0.226. The molecule has 152 valence electrons. The van der Waals surface area contributed by atoms with Crippen molar-refractivity contribution in [1.29, 1.82) is 0 Å². The molecule has 0 unspecified atom stereocenters. The van der Waals surface area contributed by atoms with Crippen molar-refractivity contribution in [2.45, 2.75) is 26.9 Å². The molecule has 2 amide bonds. The number of rotatable bonds is 7. The Balaban J connectivity index is 1.87. The van der Waals surface area contributed by atoms with Gasteiger partial charge in [0.15, 0.2) is 6.61 Å². The molecule has 0 aromatic heterocycles. The van der Waals surface area contributed by atoms with Crippen molar-refractivity contribution in [1.82, 2.24) is 0 Å². The van der Waals surface area contributed by atoms with E-state index in [2.05, 4.69) is 10.6 Å². The first-order chi connectivity index (χ1) is 13.7. The van der Waals surface area contributed by atoms with Crippen LogP contribution in [0.3, 0.4) is 0 Å². The van der Waals surface area contributed by atoms with Crippen LogP contribution in [-0.4, -0.2) is 36.5 Å². The molecule has 0 atom stereocenters. The van der Waals surface area contributed by atoms with Gasteiger partial charge in [-0.2, -0.15) is 0 Å². The number of esters is 2. The fraction of sp³-hybridized carbons (Fsp3) is 0.238. The zero-order chi connectivity index (χ0) is 21.4. The van der Waals surface area contributed by atoms with Gasteiger partial charge in [-0.05, 0) is 56.3 Å². The molecule has 0 heterocycles. The van der Waals surface area contributed by atoms with E-state index in [9.17, 15) is 19.2 Å². The highest BCUT2D eigenvalue weighted by atomic mass is 16.5. The largest absolute Gasteiger partial charge is 0.459 e. The Morgan fingerprint density at radius 3 is 2.17 bits per heavy atom. The molecule has 0 saturated heterocycles. The third-order valence-electron chi connectivity index (χ3n) is 3.50. The minimum Gasteiger partial charge on any atom is -0.459 e. The molecule has 29 heavy (non-hydrogen) atoms. The first-order valence-electron chi connectivity index (χ1n) is 8.90. The Morgan fingerprint density at radius 2 is 1.55 bits per heavy atom. The number of carbonyl (C=O) groups excluding carboxylic acids is 4. The summed E-state index contributed by atoms with van der Waals surface area (Å²) in [5, 5.41) is 5.13. The maximum absolute atomic E-state index is 12.1. The van der Waals surface area contributed by atoms with Gasteiger partial charge in [-0.25, -0.2) is 9.59 Å². The van der Waals surface area contributed by atoms with Crippen LogP contribution in [0.25, 0.3) is 0 Å². The monoisotopic (exact) mass is 398 g/mol. The number of hydrogen-bond acceptors (Lipinski definition) is 6. The molecule has 2 N–H and O–H groups in total. The van der Waals surface area contributed by atoms with Crippen molar-refractivity contribution >= 4 is 35.1 Å². The average Bonchev–Trinajstić information content (AvgIpc) is 2.66. The number of benzene rings is 2. The number of nitrogens with one attached hydrogen (secondary N) is 2. The van der Waals surface area contributed by atoms with Gasteiger partial charge in [0, 0.05) is 18.3 Å². The van der Waals surface area contributed by atoms with Crippen molar-refractivity contribution in [2.75, 3.05) is 17.2 Å². The third-order valence-corrected chi connectivity index (χ3v) is 3.50. The molecule has 0 saturated carbocycles. The second-order valence-electron chi connectivity index (χ2n) is 6.42. The summed E-state index contributed by atoms with van der Waals surface area (Å²) in [6.45, 7) is 4.38. The fourth-order valence-electron chi connectivity index (χ4n) is 2.31. The van der Waals surface area contributed by atoms with Crippen molar-refractivity contribution < 1.29 is 28.7 Å². The first kappa shape index (κ1) is 21.6. The molecule has 0 spiro atoms. The van der Waals surface area contributed by atoms with Crippen molar-refractivity contribution in [2.24, 2.45) is 0 Å². The van der Waals surface area contributed by atoms with Crippen LogP contribution in [0, 0.1) is 0 Å². The normalized spacial score (nSPS) is 10.2. The predicted molar refractivity (Wildman–Crippen MR) is 107 cm³/mol. The van der Waals surface area contributed by atoms with E-state index < -0.39 is 24.5 Å². The maximum atomic E-state index is 12.1. The molecule has 0 aliphatic rings. The lowest BCUT2D eigenvalue weighted by atomic mass is 10.2. The van der Waals surface area contributed by atoms with E-state index in [1.165, 1.54) is 31.2 Å². The van der Waals surface area contributed by atoms with Crippen molar-refractivity contribution in [3.8, 4) is 0 Å². The zero-order valence-corrected chi connectivity index (χ0v) is 16.4. The molecule has 0 aliphatic carbocycles. The number of hydrogen-bond donors (Lipinski definition) is 2. The van der Waals surface area contributed by atoms with E-state index in [1.807, 2.05) is 0 Å². The number of amides is 2. The molecule has 2 rings (SSSR count). The molecule has 0 radical (unpaired) electrons. The second-order valence-corrected chi connectivity index (χ2v) is 6.42. The van der Waals surface area contributed by atoms with Gasteiger partial charge in [-0.1, -0.05) is 6.07 Å². The van der Waals surface area contributed by atoms with Gasteiger partial charge in [0.1, 0.15) is 0 Å². The summed E-state index contributed by atoms with van der Waals surface area (Å²) in [5.74, 6) is -1.94. The van der Waals surface area contributed by atoms with Crippen LogP contribution in [0.5, 0.6) is 0 Å². The molecule has 8 nitrogen and oxygen atoms in total. The van der Waals surface area contributed by atoms with Crippen molar-refractivity contribution in [3.05, 3.63) is 59.7 Å². The van der Waals surface area contributed by atoms with Crippen LogP contribution in [0.2, 0.25) is 0 Å². The molecular weight excluding hydrogens is 376 g/mol. The van der Waals surface area contributed by atoms with Crippen LogP contribution in [0.1, 0.15) is 41.5 Å². The molecule has 0 aliphatic heterocycles. The van der Waals surface area contributed by atoms with Gasteiger partial charge in [-0.15, -0.1) is 0 Å². The summed E-state index contributed by atoms with van der Waals surface area (Å²) < 4.78 is 10.1. The highest BCUT2D eigenvalue weighted by Gasteiger charge is 2.12. The van der Waals surface area contributed by atoms with Crippen molar-refractivity contribution in [3.63, 3.8) is 0 Å². The molecule has 2 aromatic carbocycles. The molecule has 0 bridgehead atoms. The van der Waals surface area contributed by atoms with Gasteiger partial charge in [0.25, 0.3) is 5.91 Å². The summed E-state index contributed by atoms with van der Waals surface area (Å²) in [4.78, 5) is 46.9. The average molecular weight is 398 g/mol. The lowest BCUT2D eigenvalue weighted by molar-refractivity contribution is -0.119. The van der Waals surface area contributed by atoms with E-state index >= 15 is 0 Å². The standard InChI is InChI=1S/C21H22N2O6/c1-13(2)29-21(27)15-7-9-17(10-8-15)23-19(25)12-28-20(26)16-5-4-6-18(11-16)22-14(3)24/h4-11,13H,12H2,1-3H3,(H,22,24)(H,23,25). The lowest BCUT2D eigenvalue weighted by Crippen LogP contribution is -2.21. The molecule has 8 heteroatoms. The maximum Gasteiger partial charge on any atom is 0.338 e. The van der Waals surface area contributed by atoms with Crippen LogP contribution < -0.4 is 10.6 Å². The van der Waals surface area contributed by atoms with Crippen LogP contribution in [-0.2, 0) is 19.1 Å². The summed E-state index contributed by atoms with van der Waals surface area (Å²) in [5.41, 5.74) is 1.46. The highest BCUT2D eigenvalue weighted by Crippen LogP contribution is 2.13. The minimum atomic E-state index is -0.695. The Morgan fingerprint density at radius 1 is 0.862 bits per heavy atom. The summed E-state index contributed by atoms with van der Waals surface area (Å²) in [7, 11) is 0. The fourth-order valence-corrected chi connectivity index (χ4v) is 2.31. The van der Waals surface area contributed by atoms with Gasteiger partial charge >= 0.3 is 11.9 Å². The first-order valence-corrected chi connectivity index (χ1v) is 8.90. The number of carbonyl (C=O) groups is 4. The Hall–Kier alpha value is -3.68. The Labute approximate surface area is 168 Å². The van der Waals surface area contributed by atoms with E-state index in [0.717, 1.165) is 0 Å². The van der Waals surface area contributed by atoms with Gasteiger partial charge in [-0.3, -0.25) is 9.59 Å². The Bertz CT molecular complexity index is 906. The minimum absolute atomic E-state index is 0.206. The highest BCUT2D eigenvalue weighted by molar-refractivity contribution is 5.97. The predicted octanol–water partition coefficient (Wildman–Crippen LogP) is 3.01. The van der Waals surface area contributed by atoms with Crippen LogP contribution in [0.15, 0.2) is 48.5 Å². The smallest absolute Gasteiger partial charge is 0.338 e. The van der Waals surface area contributed by atoms with E-state index in [0.29, 0.717) is 16.9 Å². The Kier molecular flexibility index (Phi) is 7.47. The molecular formula is C21H22N2O6. The van der Waals surface area contributed by atoms with E-state index in [-0.39, 0.29) is 17.6 Å². The molecule has 0 fully saturated rings. The lowest BCUT2D eigenvalue weighted by Gasteiger charge is -2.09. The van der Waals surface area contributed by atoms with Gasteiger partial charge < -0.3 is 20.1 Å². The van der Waals surface area contributed by atoms with E-state index in [4.69, 9.17) is 9.47 Å². The number of ether oxygens (including phenoxy) is 2. The summed E-state index contributed by atoms with van der Waals surface area (Å²) in [6, 6.07) is 12.3. The number of anilines is 2. The van der Waals surface area contributed by atoms with Gasteiger partial charge in [0.05, 0.1) is 17.2 Å². The SMILES string of the molecule is CC(=O)Nc1cccc(C(=O)OCC(=O)Nc2ccc(C(=O)OC(C)C)cc2)c1. The van der Waals surface area contributed by atoms with Gasteiger partial charge in [0.2, 0.25) is 5.91 Å². The molecule has 2 aromatic rings. The van der Waals surface area contributed by atoms with Crippen LogP contribution in [0.4, 0.5) is 11.4 Å². The van der Waals surface area contributed by atoms with Crippen LogP contribution >= 0.6 is 0 Å². The zero-order valence-electron chi connectivity index (χ0n) is 16.4. The summed E-state index contributed by atoms with van der Waals surface area (Å²) >= 11 is 0. The topological polar surface area (TPSA) is 111 Å². The third kappa shape index (κ3) is 7.10. The quantitative estimate of drug-likeness (QED) is 0.694.